The highest BCUT2D eigenvalue weighted by atomic mass is 19.1. The summed E-state index contributed by atoms with van der Waals surface area (Å²) in [5.74, 6) is 5.96. The van der Waals surface area contributed by atoms with Gasteiger partial charge < -0.3 is 9.47 Å². The van der Waals surface area contributed by atoms with Gasteiger partial charge in [-0.05, 0) is 19.4 Å². The molecule has 1 aromatic carbocycles. The Kier molecular flexibility index (Phi) is 4.16. The molecule has 3 N–H and O–H groups in total. The third kappa shape index (κ3) is 2.48. The first-order chi connectivity index (χ1) is 8.67. The van der Waals surface area contributed by atoms with Gasteiger partial charge in [-0.1, -0.05) is 6.07 Å². The van der Waals surface area contributed by atoms with Crippen LogP contribution in [0.4, 0.5) is 4.39 Å². The van der Waals surface area contributed by atoms with Crippen LogP contribution < -0.4 is 16.0 Å². The molecule has 1 heterocycles. The van der Waals surface area contributed by atoms with Crippen molar-refractivity contribution in [3.63, 3.8) is 0 Å². The van der Waals surface area contributed by atoms with E-state index in [1.165, 1.54) is 13.2 Å². The summed E-state index contributed by atoms with van der Waals surface area (Å²) in [6.45, 7) is 2.69. The second-order valence-corrected chi connectivity index (χ2v) is 4.56. The first kappa shape index (κ1) is 13.3. The molecule has 1 fully saturated rings. The van der Waals surface area contributed by atoms with Crippen LogP contribution in [0.15, 0.2) is 18.2 Å². The first-order valence-electron chi connectivity index (χ1n) is 6.08. The second-order valence-electron chi connectivity index (χ2n) is 4.56. The Morgan fingerprint density at radius 2 is 2.33 bits per heavy atom. The van der Waals surface area contributed by atoms with Crippen LogP contribution in [-0.2, 0) is 4.74 Å². The minimum absolute atomic E-state index is 0.0764. The van der Waals surface area contributed by atoms with Crippen LogP contribution in [-0.4, -0.2) is 19.8 Å². The van der Waals surface area contributed by atoms with Crippen molar-refractivity contribution in [2.45, 2.75) is 25.5 Å². The van der Waals surface area contributed by atoms with Gasteiger partial charge in [0.1, 0.15) is 11.6 Å². The molecular formula is C13H19FN2O2. The average molecular weight is 254 g/mol. The first-order valence-corrected chi connectivity index (χ1v) is 6.08. The lowest BCUT2D eigenvalue weighted by Crippen LogP contribution is -2.36. The number of ether oxygens (including phenoxy) is 2. The van der Waals surface area contributed by atoms with E-state index in [0.29, 0.717) is 17.9 Å². The molecular weight excluding hydrogens is 235 g/mol. The van der Waals surface area contributed by atoms with Crippen molar-refractivity contribution < 1.29 is 13.9 Å². The molecule has 18 heavy (non-hydrogen) atoms. The third-order valence-electron chi connectivity index (χ3n) is 3.59. The lowest BCUT2D eigenvalue weighted by atomic mass is 9.88. The number of hydrogen-bond acceptors (Lipinski definition) is 4. The van der Waals surface area contributed by atoms with Crippen molar-refractivity contribution in [1.82, 2.24) is 5.43 Å². The van der Waals surface area contributed by atoms with Gasteiger partial charge in [-0.2, -0.15) is 0 Å². The van der Waals surface area contributed by atoms with E-state index in [2.05, 4.69) is 5.43 Å². The van der Waals surface area contributed by atoms with Crippen LogP contribution in [0.5, 0.6) is 5.75 Å². The summed E-state index contributed by atoms with van der Waals surface area (Å²) < 4.78 is 24.5. The van der Waals surface area contributed by atoms with Gasteiger partial charge in [0.2, 0.25) is 0 Å². The summed E-state index contributed by atoms with van der Waals surface area (Å²) in [5.41, 5.74) is 3.26. The van der Waals surface area contributed by atoms with Crippen molar-refractivity contribution in [3.05, 3.63) is 29.6 Å². The maximum atomic E-state index is 14.0. The smallest absolute Gasteiger partial charge is 0.131 e. The number of halogens is 1. The molecule has 1 aliphatic rings. The topological polar surface area (TPSA) is 56.5 Å². The predicted octanol–water partition coefficient (Wildman–Crippen LogP) is 1.76. The number of nitrogens with one attached hydrogen (secondary N) is 1. The van der Waals surface area contributed by atoms with Gasteiger partial charge in [-0.3, -0.25) is 11.3 Å². The van der Waals surface area contributed by atoms with Gasteiger partial charge in [-0.15, -0.1) is 0 Å². The molecule has 3 unspecified atom stereocenters. The Morgan fingerprint density at radius 3 is 2.83 bits per heavy atom. The van der Waals surface area contributed by atoms with Gasteiger partial charge in [-0.25, -0.2) is 4.39 Å². The largest absolute Gasteiger partial charge is 0.497 e. The van der Waals surface area contributed by atoms with E-state index in [0.717, 1.165) is 6.42 Å². The van der Waals surface area contributed by atoms with Gasteiger partial charge >= 0.3 is 0 Å². The van der Waals surface area contributed by atoms with Gasteiger partial charge in [0.15, 0.2) is 0 Å². The Morgan fingerprint density at radius 1 is 1.56 bits per heavy atom. The average Bonchev–Trinajstić information content (AvgIpc) is 2.78. The molecule has 0 radical (unpaired) electrons. The molecule has 0 amide bonds. The molecule has 1 saturated heterocycles. The fourth-order valence-electron chi connectivity index (χ4n) is 2.52. The minimum atomic E-state index is -0.309. The Labute approximate surface area is 106 Å². The van der Waals surface area contributed by atoms with E-state index >= 15 is 0 Å². The van der Waals surface area contributed by atoms with Crippen molar-refractivity contribution in [1.29, 1.82) is 0 Å². The van der Waals surface area contributed by atoms with Crippen LogP contribution in [0.3, 0.4) is 0 Å². The van der Waals surface area contributed by atoms with Crippen molar-refractivity contribution in [2.24, 2.45) is 11.8 Å². The van der Waals surface area contributed by atoms with Crippen molar-refractivity contribution in [2.75, 3.05) is 13.7 Å². The lowest BCUT2D eigenvalue weighted by Gasteiger charge is -2.26. The van der Waals surface area contributed by atoms with Crippen LogP contribution in [0.2, 0.25) is 0 Å². The number of methoxy groups -OCH3 is 1. The molecule has 0 aliphatic carbocycles. The van der Waals surface area contributed by atoms with Crippen molar-refractivity contribution in [3.8, 4) is 5.75 Å². The van der Waals surface area contributed by atoms with E-state index in [9.17, 15) is 4.39 Å². The zero-order chi connectivity index (χ0) is 13.1. The monoisotopic (exact) mass is 254 g/mol. The van der Waals surface area contributed by atoms with Gasteiger partial charge in [0.25, 0.3) is 0 Å². The highest BCUT2D eigenvalue weighted by Gasteiger charge is 2.33. The zero-order valence-electron chi connectivity index (χ0n) is 10.7. The molecule has 0 aromatic heterocycles. The third-order valence-corrected chi connectivity index (χ3v) is 3.59. The SMILES string of the molecule is COc1ccc(C(NN)C2CCOC2C)c(F)c1. The number of benzene rings is 1. The Balaban J connectivity index is 2.27. The van der Waals surface area contributed by atoms with Gasteiger partial charge in [0.05, 0.1) is 19.3 Å². The fourth-order valence-corrected chi connectivity index (χ4v) is 2.52. The molecule has 0 spiro atoms. The second kappa shape index (κ2) is 5.65. The number of nitrogens with two attached hydrogens (primary N) is 1. The highest BCUT2D eigenvalue weighted by molar-refractivity contribution is 5.31. The standard InChI is InChI=1S/C13H19FN2O2/c1-8-10(5-6-18-8)13(16-15)11-4-3-9(17-2)7-12(11)14/h3-4,7-8,10,13,16H,5-6,15H2,1-2H3. The van der Waals surface area contributed by atoms with E-state index in [1.807, 2.05) is 6.92 Å². The highest BCUT2D eigenvalue weighted by Crippen LogP contribution is 2.34. The maximum absolute atomic E-state index is 14.0. The number of hydrazine groups is 1. The summed E-state index contributed by atoms with van der Waals surface area (Å²) in [4.78, 5) is 0. The fraction of sp³-hybridized carbons (Fsp3) is 0.538. The summed E-state index contributed by atoms with van der Waals surface area (Å²) >= 11 is 0. The molecule has 0 bridgehead atoms. The van der Waals surface area contributed by atoms with E-state index in [-0.39, 0.29) is 23.9 Å². The molecule has 100 valence electrons. The molecule has 5 heteroatoms. The predicted molar refractivity (Wildman–Crippen MR) is 66.5 cm³/mol. The van der Waals surface area contributed by atoms with Gasteiger partial charge in [0, 0.05) is 24.2 Å². The molecule has 2 rings (SSSR count). The van der Waals surface area contributed by atoms with E-state index in [4.69, 9.17) is 15.3 Å². The normalized spacial score (nSPS) is 25.1. The lowest BCUT2D eigenvalue weighted by molar-refractivity contribution is 0.0949. The minimum Gasteiger partial charge on any atom is -0.497 e. The quantitative estimate of drug-likeness (QED) is 0.635. The van der Waals surface area contributed by atoms with Crippen molar-refractivity contribution >= 4 is 0 Å². The number of hydrogen-bond donors (Lipinski definition) is 2. The Bertz CT molecular complexity index is 414. The molecule has 3 atom stereocenters. The molecule has 1 aliphatic heterocycles. The molecule has 1 aromatic rings. The van der Waals surface area contributed by atoms with Crippen LogP contribution >= 0.6 is 0 Å². The summed E-state index contributed by atoms with van der Waals surface area (Å²) in [6.07, 6.45) is 0.953. The van der Waals surface area contributed by atoms with Crippen LogP contribution in [0.25, 0.3) is 0 Å². The summed E-state index contributed by atoms with van der Waals surface area (Å²) in [6, 6.07) is 4.58. The summed E-state index contributed by atoms with van der Waals surface area (Å²) in [5, 5.41) is 0. The Hall–Kier alpha value is -1.17. The van der Waals surface area contributed by atoms with E-state index in [1.54, 1.807) is 12.1 Å². The molecule has 4 nitrogen and oxygen atoms in total. The van der Waals surface area contributed by atoms with E-state index < -0.39 is 0 Å². The number of rotatable bonds is 4. The van der Waals surface area contributed by atoms with Crippen LogP contribution in [0.1, 0.15) is 24.9 Å². The summed E-state index contributed by atoms with van der Waals surface area (Å²) in [7, 11) is 1.51. The zero-order valence-corrected chi connectivity index (χ0v) is 10.7. The van der Waals surface area contributed by atoms with Crippen LogP contribution in [0, 0.1) is 11.7 Å². The maximum Gasteiger partial charge on any atom is 0.131 e. The molecule has 0 saturated carbocycles.